The number of nitrogens with zero attached hydrogens (tertiary/aromatic N) is 3. The van der Waals surface area contributed by atoms with Gasteiger partial charge in [0, 0.05) is 37.1 Å². The van der Waals surface area contributed by atoms with Crippen molar-refractivity contribution in [3.63, 3.8) is 0 Å². The molecule has 3 heterocycles. The van der Waals surface area contributed by atoms with E-state index in [2.05, 4.69) is 45.6 Å². The van der Waals surface area contributed by atoms with Crippen molar-refractivity contribution in [2.45, 2.75) is 64.2 Å². The maximum atomic E-state index is 12.3. The van der Waals surface area contributed by atoms with Gasteiger partial charge in [0.25, 0.3) is 5.91 Å². The van der Waals surface area contributed by atoms with Crippen LogP contribution < -0.4 is 21.5 Å². The van der Waals surface area contributed by atoms with Crippen LogP contribution in [0.1, 0.15) is 50.0 Å². The standard InChI is InChI=1S/C16H29N7O/c1-11-14(12(2)20-19-11)9-18-16(24)15-10-23(22-21-15)8-6-13-5-3-4-7-17-13/h10-14,17,19-20H,3-9H2,1-2H3,(H,18,24). The smallest absolute Gasteiger partial charge is 0.273 e. The van der Waals surface area contributed by atoms with Crippen LogP contribution >= 0.6 is 0 Å². The summed E-state index contributed by atoms with van der Waals surface area (Å²) in [6.45, 7) is 6.76. The highest BCUT2D eigenvalue weighted by atomic mass is 16.2. The zero-order valence-electron chi connectivity index (χ0n) is 14.6. The number of hydrazine groups is 1. The van der Waals surface area contributed by atoms with E-state index >= 15 is 0 Å². The number of aromatic nitrogens is 3. The van der Waals surface area contributed by atoms with Gasteiger partial charge in [-0.3, -0.25) is 20.3 Å². The SMILES string of the molecule is CC1NNC(C)C1CNC(=O)c1cn(CCC2CCCCN2)nn1. The second-order valence-electron chi connectivity index (χ2n) is 7.04. The Morgan fingerprint density at radius 3 is 2.83 bits per heavy atom. The van der Waals surface area contributed by atoms with E-state index in [0.29, 0.717) is 36.3 Å². The van der Waals surface area contributed by atoms with Crippen LogP contribution in [0.25, 0.3) is 0 Å². The van der Waals surface area contributed by atoms with Crippen LogP contribution in [0.4, 0.5) is 0 Å². The summed E-state index contributed by atoms with van der Waals surface area (Å²) < 4.78 is 1.77. The monoisotopic (exact) mass is 335 g/mol. The Morgan fingerprint density at radius 1 is 1.33 bits per heavy atom. The normalized spacial score (nSPS) is 30.4. The molecule has 0 bridgehead atoms. The fourth-order valence-electron chi connectivity index (χ4n) is 3.53. The number of amides is 1. The number of carbonyl (C=O) groups excluding carboxylic acids is 1. The van der Waals surface area contributed by atoms with Crippen LogP contribution in [0, 0.1) is 5.92 Å². The summed E-state index contributed by atoms with van der Waals surface area (Å²) in [6, 6.07) is 1.23. The molecule has 8 heteroatoms. The van der Waals surface area contributed by atoms with Gasteiger partial charge in [0.1, 0.15) is 0 Å². The van der Waals surface area contributed by atoms with Gasteiger partial charge >= 0.3 is 0 Å². The van der Waals surface area contributed by atoms with E-state index in [9.17, 15) is 4.79 Å². The van der Waals surface area contributed by atoms with E-state index in [-0.39, 0.29) is 5.91 Å². The van der Waals surface area contributed by atoms with Crippen molar-refractivity contribution in [3.05, 3.63) is 11.9 Å². The summed E-state index contributed by atoms with van der Waals surface area (Å²) in [4.78, 5) is 12.3. The lowest BCUT2D eigenvalue weighted by molar-refractivity contribution is 0.0940. The minimum atomic E-state index is -0.150. The highest BCUT2D eigenvalue weighted by Gasteiger charge is 2.30. The van der Waals surface area contributed by atoms with E-state index in [0.717, 1.165) is 19.5 Å². The lowest BCUT2D eigenvalue weighted by Gasteiger charge is -2.23. The molecular weight excluding hydrogens is 306 g/mol. The van der Waals surface area contributed by atoms with Gasteiger partial charge in [-0.05, 0) is 39.7 Å². The molecule has 2 aliphatic rings. The average molecular weight is 335 g/mol. The van der Waals surface area contributed by atoms with Crippen LogP contribution in [-0.4, -0.2) is 52.1 Å². The molecule has 1 aromatic heterocycles. The largest absolute Gasteiger partial charge is 0.350 e. The van der Waals surface area contributed by atoms with E-state index in [4.69, 9.17) is 0 Å². The quantitative estimate of drug-likeness (QED) is 0.586. The number of aryl methyl sites for hydroxylation is 1. The summed E-state index contributed by atoms with van der Waals surface area (Å²) in [5, 5.41) is 14.6. The van der Waals surface area contributed by atoms with E-state index < -0.39 is 0 Å². The van der Waals surface area contributed by atoms with Crippen molar-refractivity contribution >= 4 is 5.91 Å². The second kappa shape index (κ2) is 8.04. The molecule has 4 N–H and O–H groups in total. The molecule has 1 amide bonds. The number of hydrogen-bond acceptors (Lipinski definition) is 6. The number of rotatable bonds is 6. The molecule has 0 aromatic carbocycles. The number of carbonyl (C=O) groups is 1. The Labute approximate surface area is 143 Å². The average Bonchev–Trinajstić information content (AvgIpc) is 3.19. The van der Waals surface area contributed by atoms with Crippen LogP contribution in [0.15, 0.2) is 6.20 Å². The highest BCUT2D eigenvalue weighted by molar-refractivity contribution is 5.91. The predicted octanol–water partition coefficient (Wildman–Crippen LogP) is 0.0411. The van der Waals surface area contributed by atoms with E-state index in [1.165, 1.54) is 19.3 Å². The predicted molar refractivity (Wildman–Crippen MR) is 91.3 cm³/mol. The Kier molecular flexibility index (Phi) is 5.80. The van der Waals surface area contributed by atoms with Crippen molar-refractivity contribution in [2.24, 2.45) is 5.92 Å². The third-order valence-corrected chi connectivity index (χ3v) is 5.21. The number of piperidine rings is 1. The van der Waals surface area contributed by atoms with Gasteiger partial charge in [0.15, 0.2) is 5.69 Å². The number of hydrogen-bond donors (Lipinski definition) is 4. The van der Waals surface area contributed by atoms with Gasteiger partial charge in [-0.2, -0.15) is 0 Å². The summed E-state index contributed by atoms with van der Waals surface area (Å²) in [5.41, 5.74) is 6.79. The summed E-state index contributed by atoms with van der Waals surface area (Å²) in [6.07, 6.45) is 6.56. The molecule has 3 unspecified atom stereocenters. The van der Waals surface area contributed by atoms with Crippen molar-refractivity contribution < 1.29 is 4.79 Å². The summed E-state index contributed by atoms with van der Waals surface area (Å²) in [7, 11) is 0. The Bertz CT molecular complexity index is 530. The maximum absolute atomic E-state index is 12.3. The van der Waals surface area contributed by atoms with Crippen molar-refractivity contribution in [3.8, 4) is 0 Å². The van der Waals surface area contributed by atoms with Crippen molar-refractivity contribution in [1.82, 2.24) is 36.5 Å². The fraction of sp³-hybridized carbons (Fsp3) is 0.812. The van der Waals surface area contributed by atoms with E-state index in [1.807, 2.05) is 0 Å². The molecule has 0 radical (unpaired) electrons. The molecule has 3 rings (SSSR count). The topological polar surface area (TPSA) is 95.9 Å². The molecule has 0 saturated carbocycles. The first-order chi connectivity index (χ1) is 11.6. The van der Waals surface area contributed by atoms with Gasteiger partial charge in [0.05, 0.1) is 6.20 Å². The number of nitrogens with one attached hydrogen (secondary N) is 4. The minimum Gasteiger partial charge on any atom is -0.350 e. The maximum Gasteiger partial charge on any atom is 0.273 e. The molecule has 2 aliphatic heterocycles. The molecule has 24 heavy (non-hydrogen) atoms. The summed E-state index contributed by atoms with van der Waals surface area (Å²) in [5.74, 6) is 0.213. The van der Waals surface area contributed by atoms with Crippen molar-refractivity contribution in [2.75, 3.05) is 13.1 Å². The molecule has 3 atom stereocenters. The lowest BCUT2D eigenvalue weighted by Crippen LogP contribution is -2.37. The van der Waals surface area contributed by atoms with E-state index in [1.54, 1.807) is 10.9 Å². The molecule has 8 nitrogen and oxygen atoms in total. The van der Waals surface area contributed by atoms with Gasteiger partial charge in [0.2, 0.25) is 0 Å². The Morgan fingerprint density at radius 2 is 2.12 bits per heavy atom. The van der Waals surface area contributed by atoms with Crippen LogP contribution in [0.3, 0.4) is 0 Å². The first-order valence-electron chi connectivity index (χ1n) is 9.06. The second-order valence-corrected chi connectivity index (χ2v) is 7.04. The fourth-order valence-corrected chi connectivity index (χ4v) is 3.53. The third-order valence-electron chi connectivity index (χ3n) is 5.21. The first kappa shape index (κ1) is 17.3. The zero-order valence-corrected chi connectivity index (χ0v) is 14.6. The summed E-state index contributed by atoms with van der Waals surface area (Å²) >= 11 is 0. The zero-order chi connectivity index (χ0) is 16.9. The Hall–Kier alpha value is -1.51. The molecule has 134 valence electrons. The van der Waals surface area contributed by atoms with Gasteiger partial charge in [-0.25, -0.2) is 0 Å². The molecule has 0 aliphatic carbocycles. The molecule has 2 saturated heterocycles. The van der Waals surface area contributed by atoms with Gasteiger partial charge < -0.3 is 10.6 Å². The molecule has 2 fully saturated rings. The lowest BCUT2D eigenvalue weighted by atomic mass is 9.97. The first-order valence-corrected chi connectivity index (χ1v) is 9.06. The molecule has 1 aromatic rings. The van der Waals surface area contributed by atoms with Gasteiger partial charge in [-0.1, -0.05) is 11.6 Å². The minimum absolute atomic E-state index is 0.150. The molecule has 0 spiro atoms. The Balaban J connectivity index is 1.44. The molecular formula is C16H29N7O. The highest BCUT2D eigenvalue weighted by Crippen LogP contribution is 2.13. The van der Waals surface area contributed by atoms with Crippen LogP contribution in [-0.2, 0) is 6.54 Å². The third kappa shape index (κ3) is 4.31. The van der Waals surface area contributed by atoms with Gasteiger partial charge in [-0.15, -0.1) is 5.10 Å². The van der Waals surface area contributed by atoms with Crippen LogP contribution in [0.2, 0.25) is 0 Å². The van der Waals surface area contributed by atoms with Crippen LogP contribution in [0.5, 0.6) is 0 Å². The van der Waals surface area contributed by atoms with Crippen molar-refractivity contribution in [1.29, 1.82) is 0 Å².